The van der Waals surface area contributed by atoms with Crippen molar-refractivity contribution in [1.29, 1.82) is 0 Å². The van der Waals surface area contributed by atoms with E-state index in [9.17, 15) is 4.79 Å². The number of nitrogens with zero attached hydrogens (tertiary/aromatic N) is 4. The molecule has 8 nitrogen and oxygen atoms in total. The van der Waals surface area contributed by atoms with E-state index in [1.54, 1.807) is 0 Å². The van der Waals surface area contributed by atoms with E-state index in [0.717, 1.165) is 11.8 Å². The Morgan fingerprint density at radius 2 is 1.71 bits per heavy atom. The first-order valence-corrected chi connectivity index (χ1v) is 10.4. The lowest BCUT2D eigenvalue weighted by Gasteiger charge is -2.15. The second-order valence-electron chi connectivity index (χ2n) is 7.85. The molecule has 0 unspecified atom stereocenters. The molecule has 0 radical (unpaired) electrons. The van der Waals surface area contributed by atoms with Gasteiger partial charge < -0.3 is 19.7 Å². The van der Waals surface area contributed by atoms with Crippen LogP contribution in [-0.4, -0.2) is 61.5 Å². The highest BCUT2D eigenvalue weighted by atomic mass is 19.1. The molecule has 0 bridgehead atoms. The highest BCUT2D eigenvalue weighted by Gasteiger charge is 2.25. The monoisotopic (exact) mass is 467 g/mol. The molecule has 0 spiro atoms. The first kappa shape index (κ1) is 23.2. The zero-order valence-electron chi connectivity index (χ0n) is 19.1. The number of nitrogens with one attached hydrogen (secondary N) is 1. The van der Waals surface area contributed by atoms with Crippen LogP contribution in [-0.2, 0) is 0 Å². The van der Waals surface area contributed by atoms with Gasteiger partial charge in [0.2, 0.25) is 0 Å². The first-order valence-electron chi connectivity index (χ1n) is 10.4. The van der Waals surface area contributed by atoms with Gasteiger partial charge in [-0.15, -0.1) is 0 Å². The quantitative estimate of drug-likeness (QED) is 0.596. The number of amides is 1. The van der Waals surface area contributed by atoms with Crippen LogP contribution in [0.3, 0.4) is 0 Å². The van der Waals surface area contributed by atoms with Gasteiger partial charge in [0.15, 0.2) is 23.1 Å². The fourth-order valence-corrected chi connectivity index (χ4v) is 3.74. The SMILES string of the molecule is COc1cc(OC)c(F)c(-c2ccc(C(=O)NC3=NC(CN(C)C)=CC3)c3nccnc23)c1F. The maximum atomic E-state index is 15.1. The molecule has 0 saturated heterocycles. The highest BCUT2D eigenvalue weighted by Crippen LogP contribution is 2.40. The molecule has 0 fully saturated rings. The Bertz CT molecular complexity index is 1310. The third kappa shape index (κ3) is 4.32. The Kier molecular flexibility index (Phi) is 6.51. The van der Waals surface area contributed by atoms with Crippen LogP contribution in [0.5, 0.6) is 11.5 Å². The van der Waals surface area contributed by atoms with Crippen molar-refractivity contribution in [3.05, 3.63) is 59.6 Å². The van der Waals surface area contributed by atoms with Crippen LogP contribution >= 0.6 is 0 Å². The minimum absolute atomic E-state index is 0.111. The molecule has 0 saturated carbocycles. The predicted octanol–water partition coefficient (Wildman–Crippen LogP) is 3.57. The first-order chi connectivity index (χ1) is 16.3. The van der Waals surface area contributed by atoms with Crippen LogP contribution < -0.4 is 14.8 Å². The van der Waals surface area contributed by atoms with Crippen molar-refractivity contribution in [2.24, 2.45) is 4.99 Å². The van der Waals surface area contributed by atoms with E-state index in [0.29, 0.717) is 18.8 Å². The zero-order valence-corrected chi connectivity index (χ0v) is 19.1. The van der Waals surface area contributed by atoms with Gasteiger partial charge in [-0.2, -0.15) is 0 Å². The summed E-state index contributed by atoms with van der Waals surface area (Å²) in [6.07, 6.45) is 5.24. The fraction of sp³-hybridized carbons (Fsp3) is 0.250. The molecule has 1 aliphatic heterocycles. The average molecular weight is 467 g/mol. The summed E-state index contributed by atoms with van der Waals surface area (Å²) in [7, 11) is 6.41. The van der Waals surface area contributed by atoms with Crippen LogP contribution in [0.2, 0.25) is 0 Å². The van der Waals surface area contributed by atoms with Gasteiger partial charge in [0.1, 0.15) is 11.4 Å². The van der Waals surface area contributed by atoms with Gasteiger partial charge in [0.05, 0.1) is 36.6 Å². The Morgan fingerprint density at radius 1 is 1.06 bits per heavy atom. The van der Waals surface area contributed by atoms with Crippen LogP contribution in [0, 0.1) is 11.6 Å². The number of fused-ring (bicyclic) bond motifs is 1. The number of likely N-dealkylation sites (N-methyl/N-ethyl adjacent to an activating group) is 1. The molecule has 1 N–H and O–H groups in total. The second-order valence-corrected chi connectivity index (χ2v) is 7.85. The Hall–Kier alpha value is -3.92. The molecule has 0 aliphatic carbocycles. The maximum Gasteiger partial charge on any atom is 0.258 e. The van der Waals surface area contributed by atoms with Crippen molar-refractivity contribution in [2.45, 2.75) is 6.42 Å². The molecule has 2 aromatic carbocycles. The molecule has 2 heterocycles. The van der Waals surface area contributed by atoms with Crippen molar-refractivity contribution in [2.75, 3.05) is 34.9 Å². The third-order valence-corrected chi connectivity index (χ3v) is 5.26. The number of aromatic nitrogens is 2. The summed E-state index contributed by atoms with van der Waals surface area (Å²) in [5.41, 5.74) is 1.14. The zero-order chi connectivity index (χ0) is 24.4. The Labute approximate surface area is 194 Å². The van der Waals surface area contributed by atoms with E-state index < -0.39 is 17.5 Å². The van der Waals surface area contributed by atoms with Crippen molar-refractivity contribution < 1.29 is 23.0 Å². The number of methoxy groups -OCH3 is 2. The number of ether oxygens (including phenoxy) is 2. The minimum Gasteiger partial charge on any atom is -0.494 e. The summed E-state index contributed by atoms with van der Waals surface area (Å²) < 4.78 is 40.4. The van der Waals surface area contributed by atoms with Crippen LogP contribution in [0.1, 0.15) is 16.8 Å². The van der Waals surface area contributed by atoms with Gasteiger partial charge in [-0.25, -0.2) is 13.8 Å². The number of aliphatic imine (C=N–C) groups is 1. The normalized spacial score (nSPS) is 13.1. The number of benzene rings is 2. The topological polar surface area (TPSA) is 88.9 Å². The lowest BCUT2D eigenvalue weighted by molar-refractivity contribution is 0.0978. The number of carbonyl (C=O) groups excluding carboxylic acids is 1. The largest absolute Gasteiger partial charge is 0.494 e. The van der Waals surface area contributed by atoms with E-state index in [1.807, 2.05) is 25.1 Å². The molecular formula is C24H23F2N5O3. The summed E-state index contributed by atoms with van der Waals surface area (Å²) >= 11 is 0. The van der Waals surface area contributed by atoms with Gasteiger partial charge >= 0.3 is 0 Å². The number of rotatable bonds is 6. The van der Waals surface area contributed by atoms with E-state index >= 15 is 8.78 Å². The fourth-order valence-electron chi connectivity index (χ4n) is 3.74. The Morgan fingerprint density at radius 3 is 2.32 bits per heavy atom. The van der Waals surface area contributed by atoms with Crippen molar-refractivity contribution >= 4 is 22.8 Å². The van der Waals surface area contributed by atoms with Crippen LogP contribution in [0.15, 0.2) is 47.4 Å². The van der Waals surface area contributed by atoms with Gasteiger partial charge in [-0.1, -0.05) is 12.1 Å². The van der Waals surface area contributed by atoms with Crippen molar-refractivity contribution in [1.82, 2.24) is 20.2 Å². The van der Waals surface area contributed by atoms with E-state index in [1.165, 1.54) is 38.7 Å². The average Bonchev–Trinajstić information content (AvgIpc) is 3.25. The number of amidine groups is 1. The van der Waals surface area contributed by atoms with Gasteiger partial charge in [0.25, 0.3) is 5.91 Å². The van der Waals surface area contributed by atoms with Crippen LogP contribution in [0.25, 0.3) is 22.2 Å². The third-order valence-electron chi connectivity index (χ3n) is 5.26. The maximum absolute atomic E-state index is 15.1. The number of carbonyl (C=O) groups is 1. The number of hydrogen-bond acceptors (Lipinski definition) is 7. The van der Waals surface area contributed by atoms with Crippen molar-refractivity contribution in [3.8, 4) is 22.6 Å². The van der Waals surface area contributed by atoms with E-state index in [-0.39, 0.29) is 39.2 Å². The molecule has 1 aromatic heterocycles. The smallest absolute Gasteiger partial charge is 0.258 e. The van der Waals surface area contributed by atoms with Crippen LogP contribution in [0.4, 0.5) is 8.78 Å². The molecule has 1 aliphatic rings. The summed E-state index contributed by atoms with van der Waals surface area (Å²) in [5.74, 6) is -2.13. The minimum atomic E-state index is -0.912. The molecule has 176 valence electrons. The lowest BCUT2D eigenvalue weighted by atomic mass is 9.98. The summed E-state index contributed by atoms with van der Waals surface area (Å²) in [6.45, 7) is 0.656. The van der Waals surface area contributed by atoms with Gasteiger partial charge in [-0.3, -0.25) is 14.8 Å². The summed E-state index contributed by atoms with van der Waals surface area (Å²) in [5, 5.41) is 2.79. The second kappa shape index (κ2) is 9.52. The molecule has 10 heteroatoms. The molecule has 3 aromatic rings. The standard InChI is InChI=1S/C24H23F2N5O3/c1-31(2)12-13-5-8-18(29-13)30-24(32)15-7-6-14(22-23(15)28-10-9-27-22)19-20(25)16(33-3)11-17(34-4)21(19)26/h5-7,9-11H,8,12H2,1-4H3,(H,29,30,32). The number of hydrogen-bond donors (Lipinski definition) is 1. The lowest BCUT2D eigenvalue weighted by Crippen LogP contribution is -2.29. The summed E-state index contributed by atoms with van der Waals surface area (Å²) in [6, 6.07) is 4.01. The molecule has 34 heavy (non-hydrogen) atoms. The van der Waals surface area contributed by atoms with E-state index in [4.69, 9.17) is 9.47 Å². The number of halogens is 2. The molecule has 4 rings (SSSR count). The van der Waals surface area contributed by atoms with Gasteiger partial charge in [-0.05, 0) is 20.2 Å². The predicted molar refractivity (Wildman–Crippen MR) is 124 cm³/mol. The summed E-state index contributed by atoms with van der Waals surface area (Å²) in [4.78, 5) is 28.0. The molecular weight excluding hydrogens is 444 g/mol. The van der Waals surface area contributed by atoms with E-state index in [2.05, 4.69) is 20.3 Å². The van der Waals surface area contributed by atoms with Gasteiger partial charge in [0, 0.05) is 37.0 Å². The van der Waals surface area contributed by atoms with Crippen molar-refractivity contribution in [3.63, 3.8) is 0 Å². The Balaban J connectivity index is 1.76. The highest BCUT2D eigenvalue weighted by molar-refractivity contribution is 6.14. The molecule has 1 amide bonds. The molecule has 0 atom stereocenters.